The number of hydrogen-bond acceptors (Lipinski definition) is 2. The van der Waals surface area contributed by atoms with E-state index in [0.29, 0.717) is 5.15 Å². The van der Waals surface area contributed by atoms with Crippen LogP contribution in [0, 0.1) is 0 Å². The molecule has 0 amide bonds. The Bertz CT molecular complexity index is 562. The second kappa shape index (κ2) is 3.79. The summed E-state index contributed by atoms with van der Waals surface area (Å²) >= 11 is 6.05. The first-order valence-electron chi connectivity index (χ1n) is 4.85. The Morgan fingerprint density at radius 3 is 2.88 bits per heavy atom. The Balaban J connectivity index is 2.59. The Labute approximate surface area is 97.4 Å². The quantitative estimate of drug-likeness (QED) is 0.874. The van der Waals surface area contributed by atoms with Gasteiger partial charge in [-0.25, -0.2) is 0 Å². The molecule has 0 aliphatic heterocycles. The number of carbonyl (C=O) groups is 1. The number of benzene rings is 1. The number of carboxylic acid groups (broad SMARTS) is 1. The number of nitrogens with zero attached hydrogens (tertiary/aromatic N) is 2. The van der Waals surface area contributed by atoms with E-state index in [0.717, 1.165) is 16.5 Å². The van der Waals surface area contributed by atoms with Gasteiger partial charge in [0.15, 0.2) is 0 Å². The molecule has 84 valence electrons. The topological polar surface area (TPSA) is 55.1 Å². The lowest BCUT2D eigenvalue weighted by molar-refractivity contribution is -0.138. The maximum Gasteiger partial charge on any atom is 0.310 e. The van der Waals surface area contributed by atoms with Crippen LogP contribution in [0.4, 0.5) is 0 Å². The summed E-state index contributed by atoms with van der Waals surface area (Å²) in [6.07, 6.45) is 0. The van der Waals surface area contributed by atoms with Gasteiger partial charge in [0.25, 0.3) is 0 Å². The summed E-state index contributed by atoms with van der Waals surface area (Å²) in [7, 11) is 1.75. The zero-order valence-electron chi connectivity index (χ0n) is 8.94. The van der Waals surface area contributed by atoms with E-state index in [9.17, 15) is 4.79 Å². The molecule has 2 aromatic rings. The van der Waals surface area contributed by atoms with Gasteiger partial charge in [0.1, 0.15) is 5.15 Å². The molecule has 16 heavy (non-hydrogen) atoms. The van der Waals surface area contributed by atoms with E-state index in [1.54, 1.807) is 36.9 Å². The number of hydrogen-bond donors (Lipinski definition) is 1. The molecule has 0 radical (unpaired) electrons. The lowest BCUT2D eigenvalue weighted by Crippen LogP contribution is -2.06. The van der Waals surface area contributed by atoms with Crippen LogP contribution in [0.2, 0.25) is 5.15 Å². The molecule has 0 spiro atoms. The van der Waals surface area contributed by atoms with Crippen LogP contribution in [0.3, 0.4) is 0 Å². The first kappa shape index (κ1) is 11.0. The van der Waals surface area contributed by atoms with E-state index in [4.69, 9.17) is 16.7 Å². The van der Waals surface area contributed by atoms with Crippen molar-refractivity contribution in [3.8, 4) is 0 Å². The Hall–Kier alpha value is -1.55. The number of aromatic nitrogens is 2. The third-order valence-corrected chi connectivity index (χ3v) is 3.10. The van der Waals surface area contributed by atoms with Gasteiger partial charge in [-0.1, -0.05) is 17.7 Å². The SMILES string of the molecule is CC(C(=O)O)c1ccc2nn(C)c(Cl)c2c1. The van der Waals surface area contributed by atoms with Crippen LogP contribution >= 0.6 is 11.6 Å². The highest BCUT2D eigenvalue weighted by Crippen LogP contribution is 2.26. The average molecular weight is 239 g/mol. The molecule has 1 unspecified atom stereocenters. The molecule has 1 heterocycles. The van der Waals surface area contributed by atoms with Crippen molar-refractivity contribution in [2.45, 2.75) is 12.8 Å². The highest BCUT2D eigenvalue weighted by molar-refractivity contribution is 6.34. The second-order valence-corrected chi connectivity index (χ2v) is 4.11. The van der Waals surface area contributed by atoms with Crippen LogP contribution in [0.25, 0.3) is 10.9 Å². The first-order valence-corrected chi connectivity index (χ1v) is 5.23. The Kier molecular flexibility index (Phi) is 2.59. The monoisotopic (exact) mass is 238 g/mol. The highest BCUT2D eigenvalue weighted by Gasteiger charge is 2.15. The molecular weight excluding hydrogens is 228 g/mol. The number of carboxylic acids is 1. The van der Waals surface area contributed by atoms with Crippen LogP contribution in [0.15, 0.2) is 18.2 Å². The number of aryl methyl sites for hydroxylation is 1. The summed E-state index contributed by atoms with van der Waals surface area (Å²) in [5.41, 5.74) is 1.50. The molecule has 1 aromatic heterocycles. The minimum Gasteiger partial charge on any atom is -0.481 e. The van der Waals surface area contributed by atoms with Gasteiger partial charge in [-0.3, -0.25) is 9.48 Å². The minimum atomic E-state index is -0.848. The molecule has 0 saturated heterocycles. The first-order chi connectivity index (χ1) is 7.50. The minimum absolute atomic E-state index is 0.523. The van der Waals surface area contributed by atoms with Crippen molar-refractivity contribution in [2.24, 2.45) is 7.05 Å². The smallest absolute Gasteiger partial charge is 0.310 e. The summed E-state index contributed by atoms with van der Waals surface area (Å²) in [6.45, 7) is 1.65. The molecule has 4 nitrogen and oxygen atoms in total. The van der Waals surface area contributed by atoms with Gasteiger partial charge in [-0.2, -0.15) is 5.10 Å². The Morgan fingerprint density at radius 2 is 2.25 bits per heavy atom. The van der Waals surface area contributed by atoms with E-state index in [1.807, 2.05) is 0 Å². The van der Waals surface area contributed by atoms with Crippen molar-refractivity contribution in [3.63, 3.8) is 0 Å². The lowest BCUT2D eigenvalue weighted by Gasteiger charge is -2.05. The second-order valence-electron chi connectivity index (χ2n) is 3.75. The van der Waals surface area contributed by atoms with Crippen molar-refractivity contribution in [1.29, 1.82) is 0 Å². The molecule has 0 saturated carbocycles. The standard InChI is InChI=1S/C11H11ClN2O2/c1-6(11(15)16)7-3-4-9-8(5-7)10(12)14(2)13-9/h3-6H,1-2H3,(H,15,16). The summed E-state index contributed by atoms with van der Waals surface area (Å²) in [5, 5.41) is 14.4. The van der Waals surface area contributed by atoms with Gasteiger partial charge in [0.2, 0.25) is 0 Å². The predicted molar refractivity (Wildman–Crippen MR) is 61.8 cm³/mol. The van der Waals surface area contributed by atoms with Crippen molar-refractivity contribution in [2.75, 3.05) is 0 Å². The third-order valence-electron chi connectivity index (χ3n) is 2.66. The highest BCUT2D eigenvalue weighted by atomic mass is 35.5. The van der Waals surface area contributed by atoms with Crippen molar-refractivity contribution in [3.05, 3.63) is 28.9 Å². The van der Waals surface area contributed by atoms with Gasteiger partial charge < -0.3 is 5.11 Å². The average Bonchev–Trinajstić information content (AvgIpc) is 2.53. The maximum atomic E-state index is 10.9. The molecule has 2 rings (SSSR count). The van der Waals surface area contributed by atoms with E-state index in [-0.39, 0.29) is 0 Å². The van der Waals surface area contributed by atoms with Gasteiger partial charge in [-0.15, -0.1) is 0 Å². The number of aliphatic carboxylic acids is 1. The van der Waals surface area contributed by atoms with Crippen LogP contribution in [-0.2, 0) is 11.8 Å². The fourth-order valence-corrected chi connectivity index (χ4v) is 1.79. The molecule has 0 aliphatic rings. The van der Waals surface area contributed by atoms with Crippen LogP contribution in [0.5, 0.6) is 0 Å². The zero-order valence-corrected chi connectivity index (χ0v) is 9.69. The largest absolute Gasteiger partial charge is 0.481 e. The van der Waals surface area contributed by atoms with E-state index >= 15 is 0 Å². The van der Waals surface area contributed by atoms with Gasteiger partial charge in [0.05, 0.1) is 11.4 Å². The van der Waals surface area contributed by atoms with Crippen LogP contribution in [-0.4, -0.2) is 20.9 Å². The number of halogens is 1. The number of rotatable bonds is 2. The Morgan fingerprint density at radius 1 is 1.56 bits per heavy atom. The zero-order chi connectivity index (χ0) is 11.9. The van der Waals surface area contributed by atoms with Crippen molar-refractivity contribution < 1.29 is 9.90 Å². The molecule has 1 aromatic carbocycles. The fraction of sp³-hybridized carbons (Fsp3) is 0.273. The lowest BCUT2D eigenvalue weighted by atomic mass is 10.0. The van der Waals surface area contributed by atoms with Crippen molar-refractivity contribution in [1.82, 2.24) is 9.78 Å². The van der Waals surface area contributed by atoms with Crippen molar-refractivity contribution >= 4 is 28.5 Å². The summed E-state index contributed by atoms with van der Waals surface area (Å²) in [5.74, 6) is -1.39. The van der Waals surface area contributed by atoms with Gasteiger partial charge >= 0.3 is 5.97 Å². The van der Waals surface area contributed by atoms with Gasteiger partial charge in [0, 0.05) is 12.4 Å². The maximum absolute atomic E-state index is 10.9. The van der Waals surface area contributed by atoms with E-state index in [1.165, 1.54) is 0 Å². The predicted octanol–water partition coefficient (Wildman–Crippen LogP) is 2.41. The number of fused-ring (bicyclic) bond motifs is 1. The molecule has 0 bridgehead atoms. The van der Waals surface area contributed by atoms with E-state index in [2.05, 4.69) is 5.10 Å². The molecule has 0 fully saturated rings. The molecular formula is C11H11ClN2O2. The van der Waals surface area contributed by atoms with Gasteiger partial charge in [-0.05, 0) is 24.6 Å². The van der Waals surface area contributed by atoms with E-state index < -0.39 is 11.9 Å². The summed E-state index contributed by atoms with van der Waals surface area (Å²) < 4.78 is 1.57. The summed E-state index contributed by atoms with van der Waals surface area (Å²) in [6, 6.07) is 5.34. The molecule has 1 N–H and O–H groups in total. The molecule has 1 atom stereocenters. The van der Waals surface area contributed by atoms with Crippen LogP contribution in [0.1, 0.15) is 18.4 Å². The fourth-order valence-electron chi connectivity index (χ4n) is 1.60. The molecule has 5 heteroatoms. The summed E-state index contributed by atoms with van der Waals surface area (Å²) in [4.78, 5) is 10.9. The normalized spacial score (nSPS) is 12.9. The molecule has 0 aliphatic carbocycles. The van der Waals surface area contributed by atoms with Crippen LogP contribution < -0.4 is 0 Å². The third kappa shape index (κ3) is 1.65.